The lowest BCUT2D eigenvalue weighted by atomic mass is 10.2. The molecule has 0 radical (unpaired) electrons. The van der Waals surface area contributed by atoms with Gasteiger partial charge in [0.15, 0.2) is 0 Å². The van der Waals surface area contributed by atoms with Crippen LogP contribution in [0.4, 0.5) is 11.8 Å². The number of fused-ring (bicyclic) bond motifs is 1. The summed E-state index contributed by atoms with van der Waals surface area (Å²) in [6.45, 7) is 1.60. The van der Waals surface area contributed by atoms with Gasteiger partial charge in [-0.2, -0.15) is 4.98 Å². The Labute approximate surface area is 203 Å². The van der Waals surface area contributed by atoms with Crippen LogP contribution >= 0.6 is 11.8 Å². The van der Waals surface area contributed by atoms with Crippen molar-refractivity contribution in [2.24, 2.45) is 0 Å². The van der Waals surface area contributed by atoms with Crippen molar-refractivity contribution in [2.45, 2.75) is 41.8 Å². The van der Waals surface area contributed by atoms with E-state index in [1.165, 1.54) is 0 Å². The third kappa shape index (κ3) is 4.73. The van der Waals surface area contributed by atoms with E-state index in [0.29, 0.717) is 12.5 Å². The molecule has 0 amide bonds. The van der Waals surface area contributed by atoms with Crippen LogP contribution in [0.3, 0.4) is 0 Å². The Bertz CT molecular complexity index is 1280. The van der Waals surface area contributed by atoms with Gasteiger partial charge in [0.1, 0.15) is 5.82 Å². The standard InChI is InChI=1S/C27H28N4O2S/c32-17-20-9-2-6-14-25(20)34-24-13-5-1-8-19(24)16-28-27-29-23-12-4-3-11-22(23)26(30-27)31-15-7-10-21(31)18-33/h1-6,8-9,11-14,21,32-33H,7,10,15-18H2,(H,28,29,30)/t21-/m0/s1. The first kappa shape index (κ1) is 22.7. The maximum atomic E-state index is 9.86. The number of aromatic nitrogens is 2. The fourth-order valence-corrected chi connectivity index (χ4v) is 5.50. The molecular formula is C27H28N4O2S. The average Bonchev–Trinajstić information content (AvgIpc) is 3.37. The molecule has 0 spiro atoms. The summed E-state index contributed by atoms with van der Waals surface area (Å²) in [7, 11) is 0. The molecule has 7 heteroatoms. The lowest BCUT2D eigenvalue weighted by molar-refractivity contribution is 0.266. The Morgan fingerprint density at radius 1 is 0.882 bits per heavy atom. The molecule has 3 aromatic carbocycles. The van der Waals surface area contributed by atoms with Crippen molar-refractivity contribution < 1.29 is 10.2 Å². The summed E-state index contributed by atoms with van der Waals surface area (Å²) in [4.78, 5) is 14.0. The molecule has 1 aliphatic rings. The zero-order valence-electron chi connectivity index (χ0n) is 18.9. The van der Waals surface area contributed by atoms with Gasteiger partial charge >= 0.3 is 0 Å². The van der Waals surface area contributed by atoms with Crippen molar-refractivity contribution in [3.63, 3.8) is 0 Å². The van der Waals surface area contributed by atoms with Gasteiger partial charge in [-0.1, -0.05) is 60.3 Å². The Kier molecular flexibility index (Phi) is 6.94. The Morgan fingerprint density at radius 3 is 2.38 bits per heavy atom. The number of nitrogens with one attached hydrogen (secondary N) is 1. The predicted molar refractivity (Wildman–Crippen MR) is 137 cm³/mol. The highest BCUT2D eigenvalue weighted by Gasteiger charge is 2.27. The van der Waals surface area contributed by atoms with Crippen LogP contribution in [0.5, 0.6) is 0 Å². The maximum Gasteiger partial charge on any atom is 0.225 e. The van der Waals surface area contributed by atoms with Crippen molar-refractivity contribution in [1.29, 1.82) is 0 Å². The van der Waals surface area contributed by atoms with E-state index in [1.54, 1.807) is 11.8 Å². The fourth-order valence-electron chi connectivity index (χ4n) is 4.44. The molecule has 1 aromatic heterocycles. The summed E-state index contributed by atoms with van der Waals surface area (Å²) in [5, 5.41) is 24.0. The Hall–Kier alpha value is -3.13. The fraction of sp³-hybridized carbons (Fsp3) is 0.259. The highest BCUT2D eigenvalue weighted by Crippen LogP contribution is 2.34. The molecule has 34 heavy (non-hydrogen) atoms. The lowest BCUT2D eigenvalue weighted by Gasteiger charge is -2.25. The molecule has 0 aliphatic carbocycles. The zero-order valence-corrected chi connectivity index (χ0v) is 19.7. The molecule has 1 saturated heterocycles. The molecule has 4 aromatic rings. The molecular weight excluding hydrogens is 444 g/mol. The summed E-state index contributed by atoms with van der Waals surface area (Å²) in [6, 6.07) is 24.3. The largest absolute Gasteiger partial charge is 0.394 e. The van der Waals surface area contributed by atoms with E-state index in [2.05, 4.69) is 22.3 Å². The first-order valence-corrected chi connectivity index (χ1v) is 12.4. The third-order valence-corrected chi connectivity index (χ3v) is 7.45. The molecule has 6 nitrogen and oxygen atoms in total. The van der Waals surface area contributed by atoms with E-state index in [1.807, 2.05) is 60.7 Å². The molecule has 1 fully saturated rings. The van der Waals surface area contributed by atoms with Crippen LogP contribution in [0.2, 0.25) is 0 Å². The Morgan fingerprint density at radius 2 is 1.59 bits per heavy atom. The number of hydrogen-bond acceptors (Lipinski definition) is 7. The quantitative estimate of drug-likeness (QED) is 0.338. The molecule has 3 N–H and O–H groups in total. The van der Waals surface area contributed by atoms with E-state index in [9.17, 15) is 10.2 Å². The van der Waals surface area contributed by atoms with Gasteiger partial charge in [-0.3, -0.25) is 0 Å². The van der Waals surface area contributed by atoms with E-state index < -0.39 is 0 Å². The molecule has 0 saturated carbocycles. The summed E-state index contributed by atoms with van der Waals surface area (Å²) in [5.74, 6) is 1.46. The lowest BCUT2D eigenvalue weighted by Crippen LogP contribution is -2.33. The van der Waals surface area contributed by atoms with Gasteiger partial charge in [0.05, 0.1) is 24.8 Å². The second-order valence-electron chi connectivity index (χ2n) is 8.39. The smallest absolute Gasteiger partial charge is 0.225 e. The minimum Gasteiger partial charge on any atom is -0.394 e. The number of aliphatic hydroxyl groups is 2. The van der Waals surface area contributed by atoms with E-state index in [4.69, 9.17) is 9.97 Å². The van der Waals surface area contributed by atoms with Gasteiger partial charge in [0.25, 0.3) is 0 Å². The number of benzene rings is 3. The van der Waals surface area contributed by atoms with Gasteiger partial charge in [0, 0.05) is 28.3 Å². The normalized spacial score (nSPS) is 15.7. The van der Waals surface area contributed by atoms with Crippen molar-refractivity contribution in [2.75, 3.05) is 23.4 Å². The summed E-state index contributed by atoms with van der Waals surface area (Å²) in [6.07, 6.45) is 2.02. The molecule has 174 valence electrons. The van der Waals surface area contributed by atoms with E-state index in [0.717, 1.165) is 57.0 Å². The predicted octanol–water partition coefficient (Wildman–Crippen LogP) is 4.85. The molecule has 5 rings (SSSR count). The molecule has 2 heterocycles. The number of nitrogens with zero attached hydrogens (tertiary/aromatic N) is 3. The van der Waals surface area contributed by atoms with E-state index >= 15 is 0 Å². The highest BCUT2D eigenvalue weighted by molar-refractivity contribution is 7.99. The molecule has 0 unspecified atom stereocenters. The van der Waals surface area contributed by atoms with Crippen LogP contribution in [0.1, 0.15) is 24.0 Å². The monoisotopic (exact) mass is 472 g/mol. The van der Waals surface area contributed by atoms with Gasteiger partial charge in [-0.05, 0) is 48.2 Å². The number of hydrogen-bond donors (Lipinski definition) is 3. The highest BCUT2D eigenvalue weighted by atomic mass is 32.2. The second kappa shape index (κ2) is 10.4. The van der Waals surface area contributed by atoms with Gasteiger partial charge in [-0.15, -0.1) is 0 Å². The van der Waals surface area contributed by atoms with Gasteiger partial charge in [-0.25, -0.2) is 4.98 Å². The van der Waals surface area contributed by atoms with E-state index in [-0.39, 0.29) is 19.3 Å². The van der Waals surface area contributed by atoms with Crippen LogP contribution in [0.15, 0.2) is 82.6 Å². The average molecular weight is 473 g/mol. The van der Waals surface area contributed by atoms with Crippen molar-refractivity contribution in [1.82, 2.24) is 9.97 Å². The number of aliphatic hydroxyl groups excluding tert-OH is 2. The minimum absolute atomic E-state index is 0.0165. The Balaban J connectivity index is 1.42. The summed E-state index contributed by atoms with van der Waals surface area (Å²) in [5.41, 5.74) is 2.94. The van der Waals surface area contributed by atoms with Crippen molar-refractivity contribution in [3.8, 4) is 0 Å². The topological polar surface area (TPSA) is 81.5 Å². The first-order valence-electron chi connectivity index (χ1n) is 11.6. The number of para-hydroxylation sites is 1. The summed E-state index contributed by atoms with van der Waals surface area (Å²) >= 11 is 1.65. The molecule has 1 aliphatic heterocycles. The summed E-state index contributed by atoms with van der Waals surface area (Å²) < 4.78 is 0. The number of rotatable bonds is 8. The van der Waals surface area contributed by atoms with Crippen LogP contribution in [-0.4, -0.2) is 39.4 Å². The second-order valence-corrected chi connectivity index (χ2v) is 9.47. The van der Waals surface area contributed by atoms with Crippen LogP contribution in [-0.2, 0) is 13.2 Å². The number of anilines is 2. The van der Waals surface area contributed by atoms with Crippen molar-refractivity contribution in [3.05, 3.63) is 83.9 Å². The molecule has 1 atom stereocenters. The van der Waals surface area contributed by atoms with Gasteiger partial charge in [0.2, 0.25) is 5.95 Å². The van der Waals surface area contributed by atoms with Crippen LogP contribution in [0.25, 0.3) is 10.9 Å². The maximum absolute atomic E-state index is 9.86. The van der Waals surface area contributed by atoms with Crippen LogP contribution in [0, 0.1) is 0 Å². The van der Waals surface area contributed by atoms with Crippen LogP contribution < -0.4 is 10.2 Å². The van der Waals surface area contributed by atoms with Crippen molar-refractivity contribution >= 4 is 34.4 Å². The minimum atomic E-state index is 0.0165. The zero-order chi connectivity index (χ0) is 23.3. The van der Waals surface area contributed by atoms with Gasteiger partial charge < -0.3 is 20.4 Å². The first-order chi connectivity index (χ1) is 16.8. The molecule has 0 bridgehead atoms. The third-order valence-electron chi connectivity index (χ3n) is 6.22. The SMILES string of the molecule is OCc1ccccc1Sc1ccccc1CNc1nc(N2CCC[C@H]2CO)c2ccccc2n1.